The number of rotatable bonds is 3. The summed E-state index contributed by atoms with van der Waals surface area (Å²) in [5.74, 6) is 0.257. The van der Waals surface area contributed by atoms with Crippen LogP contribution in [-0.4, -0.2) is 36.9 Å². The van der Waals surface area contributed by atoms with Crippen LogP contribution in [0.15, 0.2) is 54.6 Å². The van der Waals surface area contributed by atoms with E-state index in [-0.39, 0.29) is 11.8 Å². The first-order chi connectivity index (χ1) is 12.1. The maximum Gasteiger partial charge on any atom is 0.239 e. The molecule has 25 heavy (non-hydrogen) atoms. The topological polar surface area (TPSA) is 40.6 Å². The van der Waals surface area contributed by atoms with Crippen LogP contribution in [-0.2, 0) is 21.4 Å². The normalized spacial score (nSPS) is 21.9. The van der Waals surface area contributed by atoms with Crippen LogP contribution in [0.1, 0.15) is 24.0 Å². The van der Waals surface area contributed by atoms with Gasteiger partial charge in [-0.25, -0.2) is 0 Å². The van der Waals surface area contributed by atoms with Gasteiger partial charge in [-0.3, -0.25) is 9.59 Å². The van der Waals surface area contributed by atoms with Crippen molar-refractivity contribution in [2.45, 2.75) is 24.7 Å². The highest BCUT2D eigenvalue weighted by atomic mass is 16.2. The van der Waals surface area contributed by atoms with Crippen LogP contribution in [0.25, 0.3) is 0 Å². The van der Waals surface area contributed by atoms with Crippen molar-refractivity contribution in [1.29, 1.82) is 0 Å². The van der Waals surface area contributed by atoms with E-state index in [0.717, 1.165) is 17.7 Å². The molecule has 2 aliphatic rings. The summed E-state index contributed by atoms with van der Waals surface area (Å²) in [4.78, 5) is 29.2. The van der Waals surface area contributed by atoms with Crippen molar-refractivity contribution >= 4 is 17.5 Å². The van der Waals surface area contributed by atoms with Gasteiger partial charge >= 0.3 is 0 Å². The number of fused-ring (bicyclic) bond motifs is 2. The minimum atomic E-state index is -0.548. The number of carbonyl (C=O) groups excluding carboxylic acids is 2. The highest BCUT2D eigenvalue weighted by Crippen LogP contribution is 2.46. The Morgan fingerprint density at radius 3 is 2.60 bits per heavy atom. The van der Waals surface area contributed by atoms with Crippen LogP contribution in [0.4, 0.5) is 5.69 Å². The number of nitrogens with zero attached hydrogens (tertiary/aromatic N) is 2. The molecule has 1 spiro atoms. The van der Waals surface area contributed by atoms with E-state index in [1.807, 2.05) is 66.5 Å². The van der Waals surface area contributed by atoms with Crippen molar-refractivity contribution in [1.82, 2.24) is 4.90 Å². The highest BCUT2D eigenvalue weighted by Gasteiger charge is 2.53. The molecule has 2 heterocycles. The number of likely N-dealkylation sites (N-methyl/N-ethyl adjacent to an activating group) is 1. The first kappa shape index (κ1) is 15.9. The molecule has 1 fully saturated rings. The summed E-state index contributed by atoms with van der Waals surface area (Å²) >= 11 is 0. The molecule has 4 rings (SSSR count). The fraction of sp³-hybridized carbons (Fsp3) is 0.333. The number of likely N-dealkylation sites (tertiary alicyclic amines) is 1. The number of hydrogen-bond donors (Lipinski definition) is 0. The Hall–Kier alpha value is -2.62. The third-order valence-corrected chi connectivity index (χ3v) is 5.59. The van der Waals surface area contributed by atoms with E-state index < -0.39 is 5.41 Å². The lowest BCUT2D eigenvalue weighted by molar-refractivity contribution is -0.130. The summed E-state index contributed by atoms with van der Waals surface area (Å²) in [5, 5.41) is 0. The first-order valence-corrected chi connectivity index (χ1v) is 8.81. The van der Waals surface area contributed by atoms with Crippen LogP contribution < -0.4 is 4.90 Å². The number of carbonyl (C=O) groups is 2. The van der Waals surface area contributed by atoms with Gasteiger partial charge in [0.2, 0.25) is 11.8 Å². The Morgan fingerprint density at radius 2 is 1.80 bits per heavy atom. The van der Waals surface area contributed by atoms with E-state index in [1.165, 1.54) is 5.56 Å². The molecular weight excluding hydrogens is 312 g/mol. The molecule has 4 heteroatoms. The summed E-state index contributed by atoms with van der Waals surface area (Å²) in [5.41, 5.74) is 2.67. The molecule has 0 unspecified atom stereocenters. The zero-order valence-corrected chi connectivity index (χ0v) is 14.4. The van der Waals surface area contributed by atoms with Gasteiger partial charge in [-0.2, -0.15) is 0 Å². The average molecular weight is 334 g/mol. The van der Waals surface area contributed by atoms with Crippen LogP contribution in [0.5, 0.6) is 0 Å². The van der Waals surface area contributed by atoms with E-state index in [1.54, 1.807) is 4.90 Å². The zero-order valence-electron chi connectivity index (χ0n) is 14.4. The Labute approximate surface area is 148 Å². The Balaban J connectivity index is 1.49. The molecule has 0 bridgehead atoms. The third-order valence-electron chi connectivity index (χ3n) is 5.59. The van der Waals surface area contributed by atoms with Gasteiger partial charge in [0, 0.05) is 32.2 Å². The summed E-state index contributed by atoms with van der Waals surface area (Å²) in [6.45, 7) is 1.16. The molecule has 2 amide bonds. The van der Waals surface area contributed by atoms with Crippen molar-refractivity contribution < 1.29 is 9.59 Å². The van der Waals surface area contributed by atoms with Crippen molar-refractivity contribution in [3.05, 3.63) is 65.7 Å². The summed E-state index contributed by atoms with van der Waals surface area (Å²) in [6, 6.07) is 18.0. The largest absolute Gasteiger partial charge is 0.341 e. The summed E-state index contributed by atoms with van der Waals surface area (Å²) in [7, 11) is 1.83. The Bertz CT molecular complexity index is 818. The second-order valence-corrected chi connectivity index (χ2v) is 7.01. The molecule has 128 valence electrons. The summed E-state index contributed by atoms with van der Waals surface area (Å²) in [6.07, 6.45) is 1.95. The van der Waals surface area contributed by atoms with Crippen molar-refractivity contribution in [2.75, 3.05) is 25.0 Å². The molecular formula is C21H22N2O2. The Kier molecular flexibility index (Phi) is 3.83. The van der Waals surface area contributed by atoms with Crippen molar-refractivity contribution in [3.8, 4) is 0 Å². The van der Waals surface area contributed by atoms with E-state index in [9.17, 15) is 9.59 Å². The minimum Gasteiger partial charge on any atom is -0.341 e. The fourth-order valence-corrected chi connectivity index (χ4v) is 4.19. The van der Waals surface area contributed by atoms with E-state index in [2.05, 4.69) is 0 Å². The molecule has 0 aliphatic carbocycles. The minimum absolute atomic E-state index is 0.118. The summed E-state index contributed by atoms with van der Waals surface area (Å²) < 4.78 is 0. The standard InChI is InChI=1S/C21H22N2O2/c1-22-18-10-6-5-9-17(18)21(20(22)25)13-14-23(15-21)19(24)12-11-16-7-3-2-4-8-16/h2-10H,11-15H2,1H3/t21-/m0/s1. The predicted molar refractivity (Wildman–Crippen MR) is 97.5 cm³/mol. The van der Waals surface area contributed by atoms with E-state index in [0.29, 0.717) is 25.9 Å². The molecule has 0 radical (unpaired) electrons. The molecule has 0 aromatic heterocycles. The van der Waals surface area contributed by atoms with Crippen molar-refractivity contribution in [2.24, 2.45) is 0 Å². The Morgan fingerprint density at radius 1 is 1.08 bits per heavy atom. The monoisotopic (exact) mass is 334 g/mol. The first-order valence-electron chi connectivity index (χ1n) is 8.81. The maximum atomic E-state index is 12.9. The lowest BCUT2D eigenvalue weighted by Crippen LogP contribution is -2.42. The van der Waals surface area contributed by atoms with Gasteiger partial charge in [-0.1, -0.05) is 48.5 Å². The van der Waals surface area contributed by atoms with Gasteiger partial charge in [-0.05, 0) is 30.0 Å². The predicted octanol–water partition coefficient (Wildman–Crippen LogP) is 2.77. The van der Waals surface area contributed by atoms with Gasteiger partial charge in [0.05, 0.1) is 5.41 Å². The van der Waals surface area contributed by atoms with Crippen LogP contribution in [0.2, 0.25) is 0 Å². The molecule has 2 aromatic rings. The second-order valence-electron chi connectivity index (χ2n) is 7.01. The number of benzene rings is 2. The molecule has 0 N–H and O–H groups in total. The number of anilines is 1. The van der Waals surface area contributed by atoms with Gasteiger partial charge in [0.15, 0.2) is 0 Å². The van der Waals surface area contributed by atoms with E-state index >= 15 is 0 Å². The number of amides is 2. The number of aryl methyl sites for hydroxylation is 1. The smallest absolute Gasteiger partial charge is 0.239 e. The maximum absolute atomic E-state index is 12.9. The fourth-order valence-electron chi connectivity index (χ4n) is 4.19. The molecule has 2 aliphatic heterocycles. The number of para-hydroxylation sites is 1. The molecule has 1 saturated heterocycles. The van der Waals surface area contributed by atoms with Gasteiger partial charge in [0.1, 0.15) is 0 Å². The lowest BCUT2D eigenvalue weighted by atomic mass is 9.81. The van der Waals surface area contributed by atoms with Gasteiger partial charge in [-0.15, -0.1) is 0 Å². The quantitative estimate of drug-likeness (QED) is 0.866. The van der Waals surface area contributed by atoms with Crippen molar-refractivity contribution in [3.63, 3.8) is 0 Å². The SMILES string of the molecule is CN1C(=O)[C@]2(CCN(C(=O)CCc3ccccc3)C2)c2ccccc21. The van der Waals surface area contributed by atoms with Crippen LogP contribution >= 0.6 is 0 Å². The zero-order chi connectivity index (χ0) is 17.4. The van der Waals surface area contributed by atoms with Crippen LogP contribution in [0.3, 0.4) is 0 Å². The molecule has 0 saturated carbocycles. The van der Waals surface area contributed by atoms with Gasteiger partial charge < -0.3 is 9.80 Å². The average Bonchev–Trinajstić information content (AvgIpc) is 3.19. The molecule has 4 nitrogen and oxygen atoms in total. The molecule has 1 atom stereocenters. The molecule has 2 aromatic carbocycles. The third kappa shape index (κ3) is 2.53. The highest BCUT2D eigenvalue weighted by molar-refractivity contribution is 6.08. The number of hydrogen-bond acceptors (Lipinski definition) is 2. The lowest BCUT2D eigenvalue weighted by Gasteiger charge is -2.23. The van der Waals surface area contributed by atoms with Crippen LogP contribution in [0, 0.1) is 0 Å². The van der Waals surface area contributed by atoms with E-state index in [4.69, 9.17) is 0 Å². The second kappa shape index (κ2) is 6.03. The van der Waals surface area contributed by atoms with Gasteiger partial charge in [0.25, 0.3) is 0 Å².